The molecule has 1 amide bonds. The summed E-state index contributed by atoms with van der Waals surface area (Å²) in [6.45, 7) is -0.430. The monoisotopic (exact) mass is 464 g/mol. The highest BCUT2D eigenvalue weighted by Gasteiger charge is 2.25. The molecular weight excluding hydrogens is 444 g/mol. The SMILES string of the molecule is COc1ccc(S(=O)(=O)N(CC#N)c2cccc(C(=CC(=O)NO)c3cccnc3)c2)cc1. The highest BCUT2D eigenvalue weighted by molar-refractivity contribution is 7.92. The van der Waals surface area contributed by atoms with E-state index >= 15 is 0 Å². The fourth-order valence-corrected chi connectivity index (χ4v) is 4.45. The second-order valence-corrected chi connectivity index (χ2v) is 8.53. The average Bonchev–Trinajstić information content (AvgIpc) is 2.86. The van der Waals surface area contributed by atoms with Crippen molar-refractivity contribution in [3.05, 3.63) is 90.3 Å². The number of pyridine rings is 1. The largest absolute Gasteiger partial charge is 0.497 e. The molecule has 0 atom stereocenters. The van der Waals surface area contributed by atoms with Crippen molar-refractivity contribution >= 4 is 27.2 Å². The van der Waals surface area contributed by atoms with Gasteiger partial charge in [-0.1, -0.05) is 18.2 Å². The second-order valence-electron chi connectivity index (χ2n) is 6.67. The van der Waals surface area contributed by atoms with Gasteiger partial charge in [-0.3, -0.25) is 19.3 Å². The van der Waals surface area contributed by atoms with Crippen LogP contribution in [0.15, 0.2) is 84.0 Å². The van der Waals surface area contributed by atoms with E-state index in [1.807, 2.05) is 6.07 Å². The first-order valence-corrected chi connectivity index (χ1v) is 11.0. The molecule has 3 aromatic rings. The van der Waals surface area contributed by atoms with Gasteiger partial charge in [0.15, 0.2) is 0 Å². The van der Waals surface area contributed by atoms with Crippen LogP contribution in [0.4, 0.5) is 5.69 Å². The number of carbonyl (C=O) groups is 1. The molecule has 10 heteroatoms. The Morgan fingerprint density at radius 2 is 1.91 bits per heavy atom. The topological polar surface area (TPSA) is 133 Å². The normalized spacial score (nSPS) is 11.4. The first-order chi connectivity index (χ1) is 15.9. The van der Waals surface area contributed by atoms with Crippen LogP contribution >= 0.6 is 0 Å². The van der Waals surface area contributed by atoms with Crippen molar-refractivity contribution < 1.29 is 23.2 Å². The Balaban J connectivity index is 2.10. The summed E-state index contributed by atoms with van der Waals surface area (Å²) >= 11 is 0. The number of methoxy groups -OCH3 is 1. The van der Waals surface area contributed by atoms with E-state index in [1.165, 1.54) is 43.6 Å². The zero-order chi connectivity index (χ0) is 23.8. The maximum absolute atomic E-state index is 13.3. The molecule has 0 fully saturated rings. The van der Waals surface area contributed by atoms with E-state index in [-0.39, 0.29) is 10.6 Å². The third kappa shape index (κ3) is 5.35. The molecule has 0 spiro atoms. The van der Waals surface area contributed by atoms with Gasteiger partial charge in [-0.2, -0.15) is 5.26 Å². The molecule has 0 unspecified atom stereocenters. The number of amides is 1. The Labute approximate surface area is 191 Å². The zero-order valence-corrected chi connectivity index (χ0v) is 18.4. The van der Waals surface area contributed by atoms with Crippen molar-refractivity contribution in [1.29, 1.82) is 5.26 Å². The molecule has 168 valence electrons. The van der Waals surface area contributed by atoms with Crippen molar-refractivity contribution in [3.63, 3.8) is 0 Å². The van der Waals surface area contributed by atoms with Crippen molar-refractivity contribution in [2.24, 2.45) is 0 Å². The van der Waals surface area contributed by atoms with E-state index in [9.17, 15) is 18.5 Å². The lowest BCUT2D eigenvalue weighted by Crippen LogP contribution is -2.31. The van der Waals surface area contributed by atoms with E-state index in [0.717, 1.165) is 4.31 Å². The van der Waals surface area contributed by atoms with Crippen LogP contribution in [0.5, 0.6) is 5.75 Å². The number of nitrogens with zero attached hydrogens (tertiary/aromatic N) is 3. The summed E-state index contributed by atoms with van der Waals surface area (Å²) in [5, 5.41) is 18.3. The molecule has 0 aliphatic rings. The van der Waals surface area contributed by atoms with Gasteiger partial charge in [-0.05, 0) is 53.6 Å². The van der Waals surface area contributed by atoms with Crippen LogP contribution in [0.1, 0.15) is 11.1 Å². The van der Waals surface area contributed by atoms with Crippen LogP contribution in [-0.2, 0) is 14.8 Å². The number of nitriles is 1. The van der Waals surface area contributed by atoms with Crippen LogP contribution in [-0.4, -0.2) is 38.2 Å². The number of hydrogen-bond donors (Lipinski definition) is 2. The number of sulfonamides is 1. The van der Waals surface area contributed by atoms with Gasteiger partial charge in [-0.15, -0.1) is 0 Å². The predicted molar refractivity (Wildman–Crippen MR) is 121 cm³/mol. The summed E-state index contributed by atoms with van der Waals surface area (Å²) < 4.78 is 32.7. The molecule has 0 radical (unpaired) electrons. The molecule has 2 N–H and O–H groups in total. The molecule has 9 nitrogen and oxygen atoms in total. The number of anilines is 1. The van der Waals surface area contributed by atoms with Crippen molar-refractivity contribution in [3.8, 4) is 11.8 Å². The van der Waals surface area contributed by atoms with E-state index in [0.29, 0.717) is 22.4 Å². The zero-order valence-electron chi connectivity index (χ0n) is 17.5. The highest BCUT2D eigenvalue weighted by atomic mass is 32.2. The minimum atomic E-state index is -4.07. The standard InChI is InChI=1S/C23H20N4O5S/c1-32-20-7-9-21(10-8-20)33(30,31)27(13-11-24)19-6-2-4-17(14-19)22(15-23(28)26-29)18-5-3-12-25-16-18/h2-10,12,14-16,29H,13H2,1H3,(H,26,28). The maximum atomic E-state index is 13.3. The Hall–Kier alpha value is -4.20. The number of rotatable bonds is 8. The van der Waals surface area contributed by atoms with Gasteiger partial charge in [0.25, 0.3) is 15.9 Å². The number of benzene rings is 2. The van der Waals surface area contributed by atoms with Crippen LogP contribution in [0.2, 0.25) is 0 Å². The first-order valence-electron chi connectivity index (χ1n) is 9.61. The minimum Gasteiger partial charge on any atom is -0.497 e. The molecule has 0 bridgehead atoms. The van der Waals surface area contributed by atoms with E-state index in [4.69, 9.17) is 9.94 Å². The first kappa shape index (κ1) is 23.5. The number of hydrogen-bond acceptors (Lipinski definition) is 7. The average molecular weight is 465 g/mol. The molecule has 2 aromatic carbocycles. The van der Waals surface area contributed by atoms with E-state index in [1.54, 1.807) is 48.1 Å². The van der Waals surface area contributed by atoms with Crippen LogP contribution in [0.3, 0.4) is 0 Å². The maximum Gasteiger partial charge on any atom is 0.267 e. The Bertz CT molecular complexity index is 1300. The third-order valence-electron chi connectivity index (χ3n) is 4.67. The van der Waals surface area contributed by atoms with Crippen molar-refractivity contribution in [1.82, 2.24) is 10.5 Å². The van der Waals surface area contributed by atoms with Crippen molar-refractivity contribution in [2.75, 3.05) is 18.0 Å². The van der Waals surface area contributed by atoms with E-state index in [2.05, 4.69) is 4.98 Å². The van der Waals surface area contributed by atoms with Crippen molar-refractivity contribution in [2.45, 2.75) is 4.90 Å². The molecule has 0 saturated carbocycles. The van der Waals surface area contributed by atoms with Gasteiger partial charge >= 0.3 is 0 Å². The fraction of sp³-hybridized carbons (Fsp3) is 0.0870. The number of ether oxygens (including phenoxy) is 1. The molecule has 0 saturated heterocycles. The molecule has 3 rings (SSSR count). The number of carbonyl (C=O) groups excluding carboxylic acids is 1. The smallest absolute Gasteiger partial charge is 0.267 e. The molecule has 0 aliphatic carbocycles. The number of nitrogens with one attached hydrogen (secondary N) is 1. The van der Waals surface area contributed by atoms with Crippen LogP contribution in [0, 0.1) is 11.3 Å². The fourth-order valence-electron chi connectivity index (χ4n) is 3.10. The highest BCUT2D eigenvalue weighted by Crippen LogP contribution is 2.30. The van der Waals surface area contributed by atoms with Gasteiger partial charge in [0.05, 0.1) is 23.8 Å². The summed E-state index contributed by atoms with van der Waals surface area (Å²) in [7, 11) is -2.60. The molecule has 1 heterocycles. The second kappa shape index (κ2) is 10.4. The van der Waals surface area contributed by atoms with Gasteiger partial charge in [-0.25, -0.2) is 13.9 Å². The number of hydroxylamine groups is 1. The molecule has 33 heavy (non-hydrogen) atoms. The van der Waals surface area contributed by atoms with E-state index < -0.39 is 22.5 Å². The van der Waals surface area contributed by atoms with Crippen LogP contribution in [0.25, 0.3) is 5.57 Å². The Morgan fingerprint density at radius 1 is 1.18 bits per heavy atom. The molecule has 0 aliphatic heterocycles. The third-order valence-corrected chi connectivity index (χ3v) is 6.45. The summed E-state index contributed by atoms with van der Waals surface area (Å²) in [6, 6.07) is 17.5. The van der Waals surface area contributed by atoms with Gasteiger partial charge in [0, 0.05) is 24.0 Å². The van der Waals surface area contributed by atoms with Gasteiger partial charge in [0.1, 0.15) is 12.3 Å². The van der Waals surface area contributed by atoms with Gasteiger partial charge < -0.3 is 4.74 Å². The summed E-state index contributed by atoms with van der Waals surface area (Å²) in [5.74, 6) is -0.268. The lowest BCUT2D eigenvalue weighted by Gasteiger charge is -2.23. The van der Waals surface area contributed by atoms with Crippen LogP contribution < -0.4 is 14.5 Å². The quantitative estimate of drug-likeness (QED) is 0.227. The summed E-state index contributed by atoms with van der Waals surface area (Å²) in [6.07, 6.45) is 4.27. The lowest BCUT2D eigenvalue weighted by atomic mass is 9.98. The summed E-state index contributed by atoms with van der Waals surface area (Å²) in [5.41, 5.74) is 3.23. The van der Waals surface area contributed by atoms with Gasteiger partial charge in [0.2, 0.25) is 0 Å². The Morgan fingerprint density at radius 3 is 2.52 bits per heavy atom. The predicted octanol–water partition coefficient (Wildman–Crippen LogP) is 2.75. The minimum absolute atomic E-state index is 0.00774. The molecule has 1 aromatic heterocycles. The number of aromatic nitrogens is 1. The molecular formula is C23H20N4O5S. The lowest BCUT2D eigenvalue weighted by molar-refractivity contribution is -0.124. The Kier molecular flexibility index (Phi) is 7.40. The summed E-state index contributed by atoms with van der Waals surface area (Å²) in [4.78, 5) is 15.9.